The van der Waals surface area contributed by atoms with Gasteiger partial charge < -0.3 is 14.2 Å². The van der Waals surface area contributed by atoms with E-state index < -0.39 is 23.8 Å². The van der Waals surface area contributed by atoms with Crippen molar-refractivity contribution in [1.29, 1.82) is 0 Å². The number of aliphatic imine (C=N–C) groups is 1. The number of rotatable bonds is 18. The van der Waals surface area contributed by atoms with Crippen LogP contribution in [0.1, 0.15) is 121 Å². The maximum Gasteiger partial charge on any atom is 0.336 e. The first-order chi connectivity index (χ1) is 18.9. The third-order valence-corrected chi connectivity index (χ3v) is 7.93. The Morgan fingerprint density at radius 1 is 0.795 bits per heavy atom. The number of nitrogens with zero attached hydrogens (tertiary/aromatic N) is 1. The monoisotopic (exact) mass is 541 g/mol. The Kier molecular flexibility index (Phi) is 14.9. The Labute approximate surface area is 236 Å². The fourth-order valence-electron chi connectivity index (χ4n) is 5.83. The van der Waals surface area contributed by atoms with Crippen LogP contribution in [-0.2, 0) is 25.5 Å². The van der Waals surface area contributed by atoms with Gasteiger partial charge in [0, 0.05) is 22.9 Å². The molecule has 1 aliphatic rings. The van der Waals surface area contributed by atoms with E-state index >= 15 is 0 Å². The van der Waals surface area contributed by atoms with Crippen LogP contribution in [0, 0.1) is 5.92 Å². The van der Waals surface area contributed by atoms with E-state index in [9.17, 15) is 9.59 Å². The highest BCUT2D eigenvalue weighted by Crippen LogP contribution is 2.45. The molecule has 0 amide bonds. The first-order valence-electron chi connectivity index (χ1n) is 15.0. The molecule has 218 valence electrons. The number of methoxy groups -OCH3 is 3. The maximum atomic E-state index is 13.0. The lowest BCUT2D eigenvalue weighted by Crippen LogP contribution is -2.36. The zero-order valence-electron chi connectivity index (χ0n) is 25.3. The zero-order valence-corrected chi connectivity index (χ0v) is 25.3. The van der Waals surface area contributed by atoms with Gasteiger partial charge in [-0.1, -0.05) is 96.1 Å². The van der Waals surface area contributed by atoms with Crippen LogP contribution in [0.15, 0.2) is 34.5 Å². The quantitative estimate of drug-likeness (QED) is 0.139. The van der Waals surface area contributed by atoms with Crippen molar-refractivity contribution < 1.29 is 23.8 Å². The standard InChI is InChI=1S/C33H51NO5/c1-7-8-9-10-11-12-13-14-15-16-17-18-19-21-26-22-20-23-27(37-4)30(26)31-28(32(35)38-5)24(2)34-25(3)29(31)33(36)39-6/h20,22-23,28,31H,7-19,21H2,1-6H3. The van der Waals surface area contributed by atoms with Crippen molar-refractivity contribution in [2.24, 2.45) is 10.9 Å². The molecular formula is C33H51NO5. The van der Waals surface area contributed by atoms with Gasteiger partial charge in [0.05, 0.1) is 26.9 Å². The number of hydrogen-bond acceptors (Lipinski definition) is 6. The molecule has 1 aromatic rings. The second-order valence-corrected chi connectivity index (χ2v) is 10.7. The second kappa shape index (κ2) is 17.9. The first kappa shape index (κ1) is 32.6. The van der Waals surface area contributed by atoms with Gasteiger partial charge in [0.2, 0.25) is 0 Å². The molecule has 2 atom stereocenters. The van der Waals surface area contributed by atoms with Crippen molar-refractivity contribution in [2.45, 2.75) is 117 Å². The minimum absolute atomic E-state index is 0.384. The Morgan fingerprint density at radius 3 is 1.87 bits per heavy atom. The molecule has 1 aliphatic heterocycles. The van der Waals surface area contributed by atoms with Crippen molar-refractivity contribution in [2.75, 3.05) is 21.3 Å². The van der Waals surface area contributed by atoms with Crippen LogP contribution in [0.25, 0.3) is 0 Å². The molecule has 2 unspecified atom stereocenters. The van der Waals surface area contributed by atoms with Crippen LogP contribution in [0.2, 0.25) is 0 Å². The van der Waals surface area contributed by atoms with E-state index in [1.54, 1.807) is 14.0 Å². The van der Waals surface area contributed by atoms with Gasteiger partial charge in [-0.15, -0.1) is 0 Å². The third-order valence-electron chi connectivity index (χ3n) is 7.93. The topological polar surface area (TPSA) is 74.2 Å². The number of carbonyl (C=O) groups excluding carboxylic acids is 2. The molecule has 2 rings (SSSR count). The van der Waals surface area contributed by atoms with Crippen LogP contribution in [0.3, 0.4) is 0 Å². The molecule has 0 fully saturated rings. The summed E-state index contributed by atoms with van der Waals surface area (Å²) in [7, 11) is 4.35. The highest BCUT2D eigenvalue weighted by atomic mass is 16.5. The largest absolute Gasteiger partial charge is 0.496 e. The second-order valence-electron chi connectivity index (χ2n) is 10.7. The zero-order chi connectivity index (χ0) is 28.6. The first-order valence-corrected chi connectivity index (χ1v) is 15.0. The van der Waals surface area contributed by atoms with E-state index in [2.05, 4.69) is 18.0 Å². The number of aryl methyl sites for hydroxylation is 1. The van der Waals surface area contributed by atoms with Gasteiger partial charge in [-0.25, -0.2) is 4.79 Å². The van der Waals surface area contributed by atoms with Gasteiger partial charge in [-0.2, -0.15) is 0 Å². The summed E-state index contributed by atoms with van der Waals surface area (Å²) in [6.07, 6.45) is 17.8. The number of benzene rings is 1. The predicted octanol–water partition coefficient (Wildman–Crippen LogP) is 8.12. The molecular weight excluding hydrogens is 490 g/mol. The molecule has 0 radical (unpaired) electrons. The molecule has 0 aliphatic carbocycles. The van der Waals surface area contributed by atoms with Gasteiger partial charge in [0.1, 0.15) is 11.7 Å². The highest BCUT2D eigenvalue weighted by Gasteiger charge is 2.44. The van der Waals surface area contributed by atoms with Crippen molar-refractivity contribution in [3.63, 3.8) is 0 Å². The summed E-state index contributed by atoms with van der Waals surface area (Å²) in [5, 5.41) is 0. The molecule has 0 bridgehead atoms. The Balaban J connectivity index is 2.07. The molecule has 6 nitrogen and oxygen atoms in total. The van der Waals surface area contributed by atoms with E-state index in [-0.39, 0.29) is 0 Å². The number of esters is 2. The Bertz CT molecular complexity index is 980. The molecule has 6 heteroatoms. The van der Waals surface area contributed by atoms with Gasteiger partial charge >= 0.3 is 11.9 Å². The Hall–Kier alpha value is -2.63. The lowest BCUT2D eigenvalue weighted by molar-refractivity contribution is -0.143. The van der Waals surface area contributed by atoms with Gasteiger partial charge in [0.25, 0.3) is 0 Å². The number of hydrogen-bond donors (Lipinski definition) is 0. The van der Waals surface area contributed by atoms with E-state index in [0.29, 0.717) is 22.7 Å². The van der Waals surface area contributed by atoms with Crippen LogP contribution < -0.4 is 4.74 Å². The predicted molar refractivity (Wildman–Crippen MR) is 158 cm³/mol. The van der Waals surface area contributed by atoms with Crippen molar-refractivity contribution in [3.8, 4) is 5.75 Å². The lowest BCUT2D eigenvalue weighted by Gasteiger charge is -2.33. The average Bonchev–Trinajstić information content (AvgIpc) is 2.94. The molecule has 0 saturated heterocycles. The fourth-order valence-corrected chi connectivity index (χ4v) is 5.83. The van der Waals surface area contributed by atoms with Crippen LogP contribution >= 0.6 is 0 Å². The molecule has 1 heterocycles. The summed E-state index contributed by atoms with van der Waals surface area (Å²) in [6, 6.07) is 5.95. The van der Waals surface area contributed by atoms with Crippen molar-refractivity contribution in [1.82, 2.24) is 0 Å². The van der Waals surface area contributed by atoms with E-state index in [0.717, 1.165) is 30.4 Å². The smallest absolute Gasteiger partial charge is 0.336 e. The molecule has 0 N–H and O–H groups in total. The summed E-state index contributed by atoms with van der Waals surface area (Å²) < 4.78 is 16.1. The van der Waals surface area contributed by atoms with Gasteiger partial charge in [-0.3, -0.25) is 9.79 Å². The van der Waals surface area contributed by atoms with Gasteiger partial charge in [0.15, 0.2) is 0 Å². The molecule has 0 spiro atoms. The molecule has 0 saturated carbocycles. The Morgan fingerprint density at radius 2 is 1.36 bits per heavy atom. The van der Waals surface area contributed by atoms with Gasteiger partial charge in [-0.05, 0) is 38.3 Å². The lowest BCUT2D eigenvalue weighted by atomic mass is 9.73. The van der Waals surface area contributed by atoms with E-state index in [1.807, 2.05) is 19.1 Å². The van der Waals surface area contributed by atoms with Crippen molar-refractivity contribution in [3.05, 3.63) is 40.6 Å². The number of allylic oxidation sites excluding steroid dienone is 1. The number of ether oxygens (including phenoxy) is 3. The van der Waals surface area contributed by atoms with Crippen LogP contribution in [-0.4, -0.2) is 39.0 Å². The summed E-state index contributed by atoms with van der Waals surface area (Å²) in [5.74, 6) is -1.57. The summed E-state index contributed by atoms with van der Waals surface area (Å²) >= 11 is 0. The summed E-state index contributed by atoms with van der Waals surface area (Å²) in [4.78, 5) is 30.5. The summed E-state index contributed by atoms with van der Waals surface area (Å²) in [5.41, 5.74) is 3.50. The summed E-state index contributed by atoms with van der Waals surface area (Å²) in [6.45, 7) is 5.87. The third kappa shape index (κ3) is 9.51. The number of carbonyl (C=O) groups is 2. The average molecular weight is 542 g/mol. The maximum absolute atomic E-state index is 13.0. The number of unbranched alkanes of at least 4 members (excludes halogenated alkanes) is 12. The molecule has 1 aromatic carbocycles. The minimum Gasteiger partial charge on any atom is -0.496 e. The molecule has 39 heavy (non-hydrogen) atoms. The van der Waals surface area contributed by atoms with Crippen LogP contribution in [0.5, 0.6) is 5.75 Å². The fraction of sp³-hybridized carbons (Fsp3) is 0.667. The SMILES string of the molecule is CCCCCCCCCCCCCCCc1cccc(OC)c1C1C(C(=O)OC)=C(C)N=C(C)C1C(=O)OC. The van der Waals surface area contributed by atoms with Crippen LogP contribution in [0.4, 0.5) is 0 Å². The normalized spacial score (nSPS) is 17.1. The van der Waals surface area contributed by atoms with Crippen molar-refractivity contribution >= 4 is 17.7 Å². The highest BCUT2D eigenvalue weighted by molar-refractivity contribution is 6.07. The minimum atomic E-state index is -0.727. The van der Waals surface area contributed by atoms with E-state index in [4.69, 9.17) is 14.2 Å². The van der Waals surface area contributed by atoms with E-state index in [1.165, 1.54) is 84.8 Å². The molecule has 0 aromatic heterocycles.